The maximum atomic E-state index is 13.0. The zero-order valence-corrected chi connectivity index (χ0v) is 38.4. The van der Waals surface area contributed by atoms with Gasteiger partial charge in [0, 0.05) is 81.3 Å². The quantitative estimate of drug-likeness (QED) is 0.133. The van der Waals surface area contributed by atoms with Crippen LogP contribution in [0.4, 0.5) is 0 Å². The minimum absolute atomic E-state index is 0.0327. The number of thiophene rings is 2. The van der Waals surface area contributed by atoms with Gasteiger partial charge in [0.1, 0.15) is 33.7 Å². The summed E-state index contributed by atoms with van der Waals surface area (Å²) in [4.78, 5) is 39.3. The Hall–Kier alpha value is -5.10. The van der Waals surface area contributed by atoms with Gasteiger partial charge in [0.2, 0.25) is 5.91 Å². The number of carboxylic acid groups (broad SMARTS) is 1. The summed E-state index contributed by atoms with van der Waals surface area (Å²) in [6, 6.07) is 14.1. The fraction of sp³-hybridized carbons (Fsp3) is 0.364. The Morgan fingerprint density at radius 1 is 0.710 bits per heavy atom. The van der Waals surface area contributed by atoms with Crippen LogP contribution in [0.3, 0.4) is 0 Å². The molecule has 0 radical (unpaired) electrons. The normalized spacial score (nSPS) is 17.0. The molecule has 0 spiro atoms. The molecule has 18 heteroatoms. The Labute approximate surface area is 377 Å². The number of fused-ring (bicyclic) bond motifs is 6. The molecule has 2 aromatic carbocycles. The number of amides is 1. The lowest BCUT2D eigenvalue weighted by molar-refractivity contribution is -0.137. The number of aryl methyl sites for hydroxylation is 4. The first-order valence-electron chi connectivity index (χ1n) is 20.4. The van der Waals surface area contributed by atoms with Crippen LogP contribution in [0.25, 0.3) is 10.0 Å². The highest BCUT2D eigenvalue weighted by Crippen LogP contribution is 2.41. The van der Waals surface area contributed by atoms with E-state index in [1.165, 1.54) is 15.3 Å². The average molecular weight is 913 g/mol. The predicted molar refractivity (Wildman–Crippen MR) is 246 cm³/mol. The summed E-state index contributed by atoms with van der Waals surface area (Å²) in [5, 5.41) is 36.5. The largest absolute Gasteiger partial charge is 0.481 e. The molecule has 3 N–H and O–H groups in total. The number of hydrogen-bond donors (Lipinski definition) is 3. The van der Waals surface area contributed by atoms with E-state index in [4.69, 9.17) is 33.2 Å². The maximum Gasteiger partial charge on any atom is 0.306 e. The van der Waals surface area contributed by atoms with Crippen LogP contribution in [0.5, 0.6) is 0 Å². The van der Waals surface area contributed by atoms with E-state index in [1.807, 2.05) is 66.9 Å². The number of aliphatic carboxylic acids is 1. The first kappa shape index (κ1) is 43.5. The number of aromatic nitrogens is 6. The highest BCUT2D eigenvalue weighted by Gasteiger charge is 2.34. The first-order valence-corrected chi connectivity index (χ1v) is 22.8. The molecule has 6 aromatic rings. The van der Waals surface area contributed by atoms with Crippen LogP contribution in [-0.4, -0.2) is 102 Å². The number of piperazine rings is 1. The number of nitrogens with zero attached hydrogens (tertiary/aromatic N) is 9. The van der Waals surface area contributed by atoms with E-state index >= 15 is 0 Å². The van der Waals surface area contributed by atoms with Crippen molar-refractivity contribution < 1.29 is 14.7 Å². The smallest absolute Gasteiger partial charge is 0.306 e. The van der Waals surface area contributed by atoms with E-state index in [0.29, 0.717) is 28.2 Å². The summed E-state index contributed by atoms with van der Waals surface area (Å²) in [6.45, 7) is 17.7. The number of benzene rings is 2. The molecule has 0 unspecified atom stereocenters. The molecular formula is C44H47Cl2N11O3S2. The van der Waals surface area contributed by atoms with Crippen molar-refractivity contribution in [2.75, 3.05) is 39.3 Å². The van der Waals surface area contributed by atoms with E-state index in [0.717, 1.165) is 93.6 Å². The summed E-state index contributed by atoms with van der Waals surface area (Å²) in [5.41, 5.74) is 7.86. The van der Waals surface area contributed by atoms with Crippen molar-refractivity contribution in [3.63, 3.8) is 0 Å². The van der Waals surface area contributed by atoms with Crippen LogP contribution in [0.2, 0.25) is 10.0 Å². The van der Waals surface area contributed by atoms with Gasteiger partial charge in [-0.05, 0) is 76.9 Å². The number of carboxylic acids is 1. The van der Waals surface area contributed by atoms with Gasteiger partial charge < -0.3 is 15.7 Å². The lowest BCUT2D eigenvalue weighted by atomic mass is 9.99. The second kappa shape index (κ2) is 18.3. The van der Waals surface area contributed by atoms with E-state index in [1.54, 1.807) is 22.7 Å². The van der Waals surface area contributed by atoms with Crippen LogP contribution in [0.15, 0.2) is 58.5 Å². The Kier molecular flexibility index (Phi) is 12.9. The fourth-order valence-electron chi connectivity index (χ4n) is 7.97. The summed E-state index contributed by atoms with van der Waals surface area (Å²) >= 11 is 15.6. The third-order valence-electron chi connectivity index (χ3n) is 11.4. The van der Waals surface area contributed by atoms with E-state index in [2.05, 4.69) is 68.2 Å². The maximum absolute atomic E-state index is 13.0. The van der Waals surface area contributed by atoms with Gasteiger partial charge in [-0.15, -0.1) is 43.1 Å². The molecule has 62 heavy (non-hydrogen) atoms. The topological polar surface area (TPSA) is 168 Å². The van der Waals surface area contributed by atoms with Gasteiger partial charge in [-0.1, -0.05) is 47.5 Å². The number of carbonyl (C=O) groups excluding carboxylic acids is 1. The zero-order valence-electron chi connectivity index (χ0n) is 35.3. The molecule has 1 saturated heterocycles. The third kappa shape index (κ3) is 8.76. The predicted octanol–water partition coefficient (Wildman–Crippen LogP) is 7.49. The van der Waals surface area contributed by atoms with Crippen LogP contribution < -0.4 is 10.6 Å². The molecule has 14 nitrogen and oxygen atoms in total. The van der Waals surface area contributed by atoms with Crippen molar-refractivity contribution in [3.8, 4) is 10.0 Å². The van der Waals surface area contributed by atoms with Crippen molar-refractivity contribution in [2.45, 2.75) is 66.5 Å². The highest BCUT2D eigenvalue weighted by atomic mass is 35.5. The average Bonchev–Trinajstić information content (AvgIpc) is 3.94. The van der Waals surface area contributed by atoms with Crippen molar-refractivity contribution in [1.82, 2.24) is 45.1 Å². The molecule has 4 aromatic heterocycles. The molecule has 3 aliphatic rings. The molecule has 0 aliphatic carbocycles. The van der Waals surface area contributed by atoms with Crippen LogP contribution >= 0.6 is 45.9 Å². The highest BCUT2D eigenvalue weighted by molar-refractivity contribution is 7.15. The standard InChI is InChI=1S/C25H30ClN7OS.C19H17ClN4O2S/c1-15-16(2)35-25-22(15)23(18-4-6-19(26)7-5-18)29-20(24-31-30-17(3)33(24)25)14-21(34)28-10-13-32-11-8-27-9-12-32;1-9-10(2)27-19-16(9)17(12-4-6-13(20)7-5-12)21-14(8-15(25)26)18-23-22-11(3)24(18)19/h4-7,20,27H,8-14H2,1-3H3,(H,28,34);4-7,14H,8H2,1-3H3,(H,25,26)/t20-;14-/m00/s1. The minimum atomic E-state index is -0.926. The molecule has 9 rings (SSSR count). The number of aliphatic imine (C=N–C) groups is 2. The fourth-order valence-corrected chi connectivity index (χ4v) is 10.6. The van der Waals surface area contributed by atoms with Crippen LogP contribution in [-0.2, 0) is 9.59 Å². The van der Waals surface area contributed by atoms with Gasteiger partial charge in [0.15, 0.2) is 11.6 Å². The minimum Gasteiger partial charge on any atom is -0.481 e. The lowest BCUT2D eigenvalue weighted by Gasteiger charge is -2.27. The molecule has 1 fully saturated rings. The Morgan fingerprint density at radius 2 is 1.16 bits per heavy atom. The van der Waals surface area contributed by atoms with Gasteiger partial charge >= 0.3 is 5.97 Å². The summed E-state index contributed by atoms with van der Waals surface area (Å²) < 4.78 is 4.02. The first-order chi connectivity index (χ1) is 29.8. The summed E-state index contributed by atoms with van der Waals surface area (Å²) in [5.74, 6) is 1.81. The molecule has 2 atom stereocenters. The second-order valence-electron chi connectivity index (χ2n) is 15.6. The van der Waals surface area contributed by atoms with E-state index in [-0.39, 0.29) is 18.7 Å². The molecule has 1 amide bonds. The van der Waals surface area contributed by atoms with Crippen LogP contribution in [0.1, 0.15) is 91.4 Å². The van der Waals surface area contributed by atoms with Gasteiger partial charge in [0.05, 0.1) is 24.3 Å². The van der Waals surface area contributed by atoms with Crippen LogP contribution in [0, 0.1) is 41.5 Å². The van der Waals surface area contributed by atoms with Crippen molar-refractivity contribution in [3.05, 3.63) is 125 Å². The molecule has 7 heterocycles. The zero-order chi connectivity index (χ0) is 43.8. The Balaban J connectivity index is 0.000000176. The Morgan fingerprint density at radius 3 is 1.61 bits per heavy atom. The molecule has 0 saturated carbocycles. The second-order valence-corrected chi connectivity index (χ2v) is 18.8. The molecule has 3 aliphatic heterocycles. The number of hydrogen-bond acceptors (Lipinski definition) is 12. The SMILES string of the molecule is Cc1sc2c(c1C)C(c1ccc(Cl)cc1)=N[C@@H](CC(=O)NCCN1CCNCC1)c1nnc(C)n1-2.Cc1sc2c(c1C)C(c1ccc(Cl)cc1)=N[C@@H](CC(=O)O)c1nnc(C)n1-2. The molecular weight excluding hydrogens is 866 g/mol. The van der Waals surface area contributed by atoms with Crippen molar-refractivity contribution in [2.24, 2.45) is 9.98 Å². The lowest BCUT2D eigenvalue weighted by Crippen LogP contribution is -2.46. The van der Waals surface area contributed by atoms with Crippen molar-refractivity contribution in [1.29, 1.82) is 0 Å². The van der Waals surface area contributed by atoms with E-state index < -0.39 is 18.1 Å². The number of rotatable bonds is 9. The molecule has 0 bridgehead atoms. The van der Waals surface area contributed by atoms with Gasteiger partial charge in [-0.3, -0.25) is 33.6 Å². The Bertz CT molecular complexity index is 2710. The van der Waals surface area contributed by atoms with Crippen molar-refractivity contribution >= 4 is 69.2 Å². The number of halogens is 2. The third-order valence-corrected chi connectivity index (χ3v) is 14.3. The molecule has 322 valence electrons. The number of carbonyl (C=O) groups is 2. The summed E-state index contributed by atoms with van der Waals surface area (Å²) in [7, 11) is 0. The summed E-state index contributed by atoms with van der Waals surface area (Å²) in [6.07, 6.45) is 0.0615. The number of nitrogens with one attached hydrogen (secondary N) is 2. The monoisotopic (exact) mass is 911 g/mol. The van der Waals surface area contributed by atoms with E-state index in [9.17, 15) is 14.7 Å². The van der Waals surface area contributed by atoms with Gasteiger partial charge in [-0.25, -0.2) is 0 Å². The van der Waals surface area contributed by atoms with Gasteiger partial charge in [-0.2, -0.15) is 0 Å². The van der Waals surface area contributed by atoms with Gasteiger partial charge in [0.25, 0.3) is 0 Å².